The van der Waals surface area contributed by atoms with Crippen LogP contribution in [-0.2, 0) is 13.1 Å². The molecule has 0 aliphatic rings. The van der Waals surface area contributed by atoms with E-state index in [0.717, 1.165) is 25.2 Å². The number of aryl methyl sites for hydroxylation is 2. The van der Waals surface area contributed by atoms with Gasteiger partial charge in [-0.1, -0.05) is 0 Å². The van der Waals surface area contributed by atoms with Gasteiger partial charge in [0.25, 0.3) is 0 Å². The number of hydrogen-bond donors (Lipinski definition) is 1. The minimum Gasteiger partial charge on any atom is -0.316 e. The molecule has 1 N–H and O–H groups in total. The lowest BCUT2D eigenvalue weighted by Crippen LogP contribution is -2.07. The molecule has 1 aromatic heterocycles. The molecule has 0 spiro atoms. The Balaban J connectivity index is 2.79. The first-order valence-electron chi connectivity index (χ1n) is 5.27. The zero-order chi connectivity index (χ0) is 11.3. The topological polar surface area (TPSA) is 29.9 Å². The maximum Gasteiger partial charge on any atom is 0.0641 e. The van der Waals surface area contributed by atoms with E-state index in [9.17, 15) is 0 Å². The Hall–Kier alpha value is -1.27. The quantitative estimate of drug-likeness (QED) is 0.757. The van der Waals surface area contributed by atoms with E-state index in [4.69, 9.17) is 0 Å². The zero-order valence-corrected chi connectivity index (χ0v) is 10.0. The highest BCUT2D eigenvalue weighted by molar-refractivity contribution is 5.24. The van der Waals surface area contributed by atoms with Crippen molar-refractivity contribution in [2.75, 3.05) is 7.05 Å². The summed E-state index contributed by atoms with van der Waals surface area (Å²) < 4.78 is 2.05. The molecule has 15 heavy (non-hydrogen) atoms. The van der Waals surface area contributed by atoms with Crippen molar-refractivity contribution in [1.82, 2.24) is 15.1 Å². The highest BCUT2D eigenvalue weighted by Gasteiger charge is 2.09. The van der Waals surface area contributed by atoms with E-state index in [-0.39, 0.29) is 0 Å². The molecule has 0 amide bonds. The normalized spacial score (nSPS) is 9.87. The van der Waals surface area contributed by atoms with Crippen molar-refractivity contribution in [1.29, 1.82) is 0 Å². The van der Waals surface area contributed by atoms with Crippen molar-refractivity contribution in [3.8, 4) is 11.8 Å². The van der Waals surface area contributed by atoms with Gasteiger partial charge in [-0.15, -0.1) is 11.8 Å². The van der Waals surface area contributed by atoms with Gasteiger partial charge in [-0.05, 0) is 27.8 Å². The highest BCUT2D eigenvalue weighted by atomic mass is 15.3. The van der Waals surface area contributed by atoms with Gasteiger partial charge < -0.3 is 5.32 Å². The summed E-state index contributed by atoms with van der Waals surface area (Å²) in [6, 6.07) is 0. The summed E-state index contributed by atoms with van der Waals surface area (Å²) in [5.74, 6) is 5.96. The second kappa shape index (κ2) is 5.57. The van der Waals surface area contributed by atoms with Crippen molar-refractivity contribution >= 4 is 0 Å². The highest BCUT2D eigenvalue weighted by Crippen LogP contribution is 2.12. The summed E-state index contributed by atoms with van der Waals surface area (Å²) >= 11 is 0. The smallest absolute Gasteiger partial charge is 0.0641 e. The van der Waals surface area contributed by atoms with E-state index in [1.807, 2.05) is 18.7 Å². The molecule has 0 fully saturated rings. The van der Waals surface area contributed by atoms with Crippen molar-refractivity contribution in [3.63, 3.8) is 0 Å². The fourth-order valence-electron chi connectivity index (χ4n) is 1.67. The molecule has 0 bridgehead atoms. The van der Waals surface area contributed by atoms with Crippen LogP contribution >= 0.6 is 0 Å². The second-order valence-electron chi connectivity index (χ2n) is 3.58. The Labute approximate surface area is 91.9 Å². The van der Waals surface area contributed by atoms with Crippen molar-refractivity contribution < 1.29 is 0 Å². The van der Waals surface area contributed by atoms with Crippen molar-refractivity contribution in [2.24, 2.45) is 0 Å². The first-order chi connectivity index (χ1) is 7.20. The summed E-state index contributed by atoms with van der Waals surface area (Å²) in [5.41, 5.74) is 3.67. The van der Waals surface area contributed by atoms with Gasteiger partial charge in [0.15, 0.2) is 0 Å². The van der Waals surface area contributed by atoms with Gasteiger partial charge in [0.05, 0.1) is 12.2 Å². The van der Waals surface area contributed by atoms with Crippen LogP contribution in [0.5, 0.6) is 0 Å². The van der Waals surface area contributed by atoms with E-state index in [1.165, 1.54) is 11.3 Å². The molecule has 0 aromatic carbocycles. The summed E-state index contributed by atoms with van der Waals surface area (Å²) in [6.07, 6.45) is 0.872. The van der Waals surface area contributed by atoms with Crippen LogP contribution in [0.1, 0.15) is 30.3 Å². The van der Waals surface area contributed by atoms with Gasteiger partial charge >= 0.3 is 0 Å². The fourth-order valence-corrected chi connectivity index (χ4v) is 1.67. The summed E-state index contributed by atoms with van der Waals surface area (Å²) in [4.78, 5) is 0. The first-order valence-corrected chi connectivity index (χ1v) is 5.27. The molecule has 0 aliphatic heterocycles. The number of nitrogens with zero attached hydrogens (tertiary/aromatic N) is 2. The molecule has 0 saturated carbocycles. The number of rotatable bonds is 4. The van der Waals surface area contributed by atoms with E-state index in [1.54, 1.807) is 0 Å². The minimum atomic E-state index is 0.872. The zero-order valence-electron chi connectivity index (χ0n) is 10.0. The predicted octanol–water partition coefficient (Wildman–Crippen LogP) is 1.63. The SMILES string of the molecule is CC#CCCn1nc(C)c(CNC)c1C. The molecule has 1 aromatic rings. The van der Waals surface area contributed by atoms with Gasteiger partial charge in [0.2, 0.25) is 0 Å². The van der Waals surface area contributed by atoms with Crippen LogP contribution in [-0.4, -0.2) is 16.8 Å². The van der Waals surface area contributed by atoms with Crippen LogP contribution in [0.25, 0.3) is 0 Å². The predicted molar refractivity (Wildman–Crippen MR) is 62.5 cm³/mol. The van der Waals surface area contributed by atoms with E-state index < -0.39 is 0 Å². The Morgan fingerprint density at radius 3 is 2.73 bits per heavy atom. The lowest BCUT2D eigenvalue weighted by atomic mass is 10.2. The molecule has 82 valence electrons. The monoisotopic (exact) mass is 205 g/mol. The van der Waals surface area contributed by atoms with Crippen LogP contribution < -0.4 is 5.32 Å². The third-order valence-electron chi connectivity index (χ3n) is 2.51. The molecule has 0 aliphatic carbocycles. The van der Waals surface area contributed by atoms with Gasteiger partial charge in [-0.2, -0.15) is 5.10 Å². The lowest BCUT2D eigenvalue weighted by Gasteiger charge is -2.02. The number of nitrogens with one attached hydrogen (secondary N) is 1. The summed E-state index contributed by atoms with van der Waals surface area (Å²) in [6.45, 7) is 7.82. The van der Waals surface area contributed by atoms with Gasteiger partial charge in [-0.3, -0.25) is 4.68 Å². The van der Waals surface area contributed by atoms with Gasteiger partial charge in [0, 0.05) is 24.2 Å². The second-order valence-corrected chi connectivity index (χ2v) is 3.58. The van der Waals surface area contributed by atoms with Gasteiger partial charge in [-0.25, -0.2) is 0 Å². The van der Waals surface area contributed by atoms with E-state index >= 15 is 0 Å². The van der Waals surface area contributed by atoms with Crippen molar-refractivity contribution in [3.05, 3.63) is 17.0 Å². The molecule has 0 atom stereocenters. The largest absolute Gasteiger partial charge is 0.316 e. The van der Waals surface area contributed by atoms with Crippen LogP contribution in [0.4, 0.5) is 0 Å². The average Bonchev–Trinajstić information content (AvgIpc) is 2.47. The lowest BCUT2D eigenvalue weighted by molar-refractivity contribution is 0.606. The van der Waals surface area contributed by atoms with Crippen LogP contribution in [0.3, 0.4) is 0 Å². The minimum absolute atomic E-state index is 0.872. The molecule has 1 heterocycles. The Kier molecular flexibility index (Phi) is 4.38. The molecule has 0 radical (unpaired) electrons. The fraction of sp³-hybridized carbons (Fsp3) is 0.583. The summed E-state index contributed by atoms with van der Waals surface area (Å²) in [5, 5.41) is 7.67. The maximum absolute atomic E-state index is 4.51. The molecular formula is C12H19N3. The Morgan fingerprint density at radius 1 is 1.40 bits per heavy atom. The maximum atomic E-state index is 4.51. The molecule has 0 saturated heterocycles. The third kappa shape index (κ3) is 2.84. The van der Waals surface area contributed by atoms with Gasteiger partial charge in [0.1, 0.15) is 0 Å². The molecule has 3 heteroatoms. The Bertz CT molecular complexity index is 380. The van der Waals surface area contributed by atoms with Crippen LogP contribution in [0.15, 0.2) is 0 Å². The molecule has 3 nitrogen and oxygen atoms in total. The standard InChI is InChI=1S/C12H19N3/c1-5-6-7-8-15-11(3)12(9-13-4)10(2)14-15/h13H,7-9H2,1-4H3. The van der Waals surface area contributed by atoms with Crippen LogP contribution in [0.2, 0.25) is 0 Å². The van der Waals surface area contributed by atoms with E-state index in [0.29, 0.717) is 0 Å². The molecule has 1 rings (SSSR count). The average molecular weight is 205 g/mol. The van der Waals surface area contributed by atoms with Crippen LogP contribution in [0, 0.1) is 25.7 Å². The Morgan fingerprint density at radius 2 is 2.13 bits per heavy atom. The molecule has 0 unspecified atom stereocenters. The first kappa shape index (κ1) is 11.8. The third-order valence-corrected chi connectivity index (χ3v) is 2.51. The van der Waals surface area contributed by atoms with Crippen molar-refractivity contribution in [2.45, 2.75) is 40.3 Å². The number of hydrogen-bond acceptors (Lipinski definition) is 2. The summed E-state index contributed by atoms with van der Waals surface area (Å²) in [7, 11) is 1.96. The number of aromatic nitrogens is 2. The van der Waals surface area contributed by atoms with E-state index in [2.05, 4.69) is 36.1 Å². The molecular weight excluding hydrogens is 186 g/mol.